The number of carbonyl (C=O) groups excluding carboxylic acids is 1. The summed E-state index contributed by atoms with van der Waals surface area (Å²) in [6.07, 6.45) is 0.791. The van der Waals surface area contributed by atoms with Crippen molar-refractivity contribution in [1.29, 1.82) is 0 Å². The third kappa shape index (κ3) is 3.79. The van der Waals surface area contributed by atoms with Gasteiger partial charge < -0.3 is 5.32 Å². The molecule has 0 fully saturated rings. The first kappa shape index (κ1) is 15.3. The van der Waals surface area contributed by atoms with Crippen LogP contribution in [0.5, 0.6) is 0 Å². The van der Waals surface area contributed by atoms with E-state index in [1.54, 1.807) is 34.0 Å². The molecule has 3 heterocycles. The Morgan fingerprint density at radius 1 is 1.23 bits per heavy atom. The van der Waals surface area contributed by atoms with Crippen molar-refractivity contribution in [3.05, 3.63) is 43.5 Å². The van der Waals surface area contributed by atoms with Crippen molar-refractivity contribution in [1.82, 2.24) is 15.3 Å². The van der Waals surface area contributed by atoms with Crippen LogP contribution in [0.15, 0.2) is 22.9 Å². The van der Waals surface area contributed by atoms with Crippen LogP contribution in [0.2, 0.25) is 0 Å². The summed E-state index contributed by atoms with van der Waals surface area (Å²) in [5.74, 6) is -0.00977. The Bertz CT molecular complexity index is 787. The molecule has 0 saturated heterocycles. The third-order valence-corrected chi connectivity index (χ3v) is 5.76. The van der Waals surface area contributed by atoms with E-state index in [9.17, 15) is 4.79 Å². The van der Waals surface area contributed by atoms with Crippen molar-refractivity contribution in [3.8, 4) is 10.6 Å². The van der Waals surface area contributed by atoms with Gasteiger partial charge in [0.15, 0.2) is 0 Å². The first-order valence-electron chi connectivity index (χ1n) is 6.79. The molecule has 3 rings (SSSR count). The Labute approximate surface area is 140 Å². The summed E-state index contributed by atoms with van der Waals surface area (Å²) >= 11 is 5.01. The Hall–Kier alpha value is -1.57. The van der Waals surface area contributed by atoms with Crippen LogP contribution in [-0.4, -0.2) is 15.9 Å². The van der Waals surface area contributed by atoms with E-state index in [-0.39, 0.29) is 5.91 Å². The minimum absolute atomic E-state index is 0.00977. The van der Waals surface area contributed by atoms with Gasteiger partial charge in [0.05, 0.1) is 32.8 Å². The fraction of sp³-hybridized carbons (Fsp3) is 0.267. The van der Waals surface area contributed by atoms with E-state index in [0.29, 0.717) is 6.54 Å². The molecule has 0 saturated carbocycles. The average Bonchev–Trinajstić information content (AvgIpc) is 3.18. The molecule has 0 radical (unpaired) electrons. The lowest BCUT2D eigenvalue weighted by molar-refractivity contribution is -0.119. The van der Waals surface area contributed by atoms with E-state index in [2.05, 4.69) is 27.1 Å². The molecule has 0 aliphatic heterocycles. The van der Waals surface area contributed by atoms with E-state index in [1.807, 2.05) is 13.0 Å². The summed E-state index contributed by atoms with van der Waals surface area (Å²) in [7, 11) is 0. The molecule has 7 heteroatoms. The van der Waals surface area contributed by atoms with Gasteiger partial charge in [-0.2, -0.15) is 0 Å². The summed E-state index contributed by atoms with van der Waals surface area (Å²) in [6.45, 7) is 4.13. The Morgan fingerprint density at radius 3 is 2.82 bits per heavy atom. The number of amides is 1. The highest BCUT2D eigenvalue weighted by Crippen LogP contribution is 2.30. The second-order valence-electron chi connectivity index (χ2n) is 4.84. The molecule has 0 spiro atoms. The molecule has 1 N–H and O–H groups in total. The molecule has 0 bridgehead atoms. The zero-order valence-corrected chi connectivity index (χ0v) is 14.7. The van der Waals surface area contributed by atoms with Crippen LogP contribution in [0.1, 0.15) is 27.5 Å². The molecule has 0 aromatic carbocycles. The number of nitrogens with one attached hydrogen (secondary N) is 1. The molecular weight excluding hydrogens is 334 g/mol. The van der Waals surface area contributed by atoms with Crippen molar-refractivity contribution in [2.45, 2.75) is 26.8 Å². The van der Waals surface area contributed by atoms with E-state index in [4.69, 9.17) is 4.98 Å². The molecule has 4 nitrogen and oxygen atoms in total. The Morgan fingerprint density at radius 2 is 2.09 bits per heavy atom. The molecule has 3 aromatic rings. The van der Waals surface area contributed by atoms with Gasteiger partial charge in [-0.25, -0.2) is 9.97 Å². The second kappa shape index (κ2) is 6.68. The first-order valence-corrected chi connectivity index (χ1v) is 9.36. The van der Waals surface area contributed by atoms with Crippen LogP contribution in [-0.2, 0) is 17.8 Å². The van der Waals surface area contributed by atoms with Crippen LogP contribution in [0.4, 0.5) is 0 Å². The largest absolute Gasteiger partial charge is 0.351 e. The van der Waals surface area contributed by atoms with Crippen molar-refractivity contribution in [3.63, 3.8) is 0 Å². The van der Waals surface area contributed by atoms with Gasteiger partial charge in [-0.15, -0.1) is 34.0 Å². The number of aryl methyl sites for hydroxylation is 1. The van der Waals surface area contributed by atoms with Gasteiger partial charge in [-0.3, -0.25) is 4.79 Å². The predicted molar refractivity (Wildman–Crippen MR) is 92.6 cm³/mol. The molecule has 114 valence electrons. The summed E-state index contributed by atoms with van der Waals surface area (Å²) in [6, 6.07) is 4.10. The average molecular weight is 350 g/mol. The van der Waals surface area contributed by atoms with Crippen LogP contribution >= 0.6 is 34.0 Å². The number of hydrogen-bond donors (Lipinski definition) is 1. The lowest BCUT2D eigenvalue weighted by Crippen LogP contribution is -2.17. The monoisotopic (exact) mass is 349 g/mol. The quantitative estimate of drug-likeness (QED) is 0.761. The van der Waals surface area contributed by atoms with Crippen LogP contribution in [0, 0.1) is 6.92 Å². The van der Waals surface area contributed by atoms with Gasteiger partial charge in [0.2, 0.25) is 5.91 Å². The predicted octanol–water partition coefficient (Wildman–Crippen LogP) is 3.86. The number of nitrogens with zero attached hydrogens (tertiary/aromatic N) is 2. The molecule has 0 atom stereocenters. The SMILES string of the molecule is CC(=O)NCc1ccc(-c2csc(Cc3csc(C)n3)n2)s1. The highest BCUT2D eigenvalue weighted by atomic mass is 32.1. The van der Waals surface area contributed by atoms with Crippen molar-refractivity contribution in [2.75, 3.05) is 0 Å². The van der Waals surface area contributed by atoms with Crippen molar-refractivity contribution >= 4 is 39.9 Å². The third-order valence-electron chi connectivity index (χ3n) is 2.98. The smallest absolute Gasteiger partial charge is 0.217 e. The van der Waals surface area contributed by atoms with E-state index in [0.717, 1.165) is 37.6 Å². The molecule has 0 unspecified atom stereocenters. The highest BCUT2D eigenvalue weighted by molar-refractivity contribution is 7.16. The molecular formula is C15H15N3OS3. The lowest BCUT2D eigenvalue weighted by atomic mass is 10.3. The number of rotatable bonds is 5. The molecule has 1 amide bonds. The number of thiophene rings is 1. The maximum Gasteiger partial charge on any atom is 0.217 e. The fourth-order valence-corrected chi connectivity index (χ4v) is 4.38. The van der Waals surface area contributed by atoms with E-state index < -0.39 is 0 Å². The van der Waals surface area contributed by atoms with Gasteiger partial charge in [0.25, 0.3) is 0 Å². The Balaban J connectivity index is 1.69. The van der Waals surface area contributed by atoms with Crippen molar-refractivity contribution < 1.29 is 4.79 Å². The van der Waals surface area contributed by atoms with Gasteiger partial charge in [0, 0.05) is 29.0 Å². The van der Waals surface area contributed by atoms with Gasteiger partial charge in [0.1, 0.15) is 0 Å². The van der Waals surface area contributed by atoms with E-state index >= 15 is 0 Å². The zero-order chi connectivity index (χ0) is 15.5. The second-order valence-corrected chi connectivity index (χ2v) is 8.01. The minimum atomic E-state index is -0.00977. The van der Waals surface area contributed by atoms with Crippen LogP contribution in [0.25, 0.3) is 10.6 Å². The number of aromatic nitrogens is 2. The molecule has 0 aliphatic rings. The maximum atomic E-state index is 11.0. The molecule has 22 heavy (non-hydrogen) atoms. The van der Waals surface area contributed by atoms with Gasteiger partial charge in [-0.1, -0.05) is 0 Å². The topological polar surface area (TPSA) is 54.9 Å². The molecule has 0 aliphatic carbocycles. The maximum absolute atomic E-state index is 11.0. The Kier molecular flexibility index (Phi) is 4.66. The highest BCUT2D eigenvalue weighted by Gasteiger charge is 2.09. The lowest BCUT2D eigenvalue weighted by Gasteiger charge is -1.97. The number of carbonyl (C=O) groups is 1. The molecule has 3 aromatic heterocycles. The zero-order valence-electron chi connectivity index (χ0n) is 12.3. The standard InChI is InChI=1S/C15H15N3OS3/c1-9(19)16-6-12-3-4-14(22-12)13-8-21-15(18-13)5-11-7-20-10(2)17-11/h3-4,7-8H,5-6H2,1-2H3,(H,16,19). The van der Waals surface area contributed by atoms with Crippen LogP contribution < -0.4 is 5.32 Å². The normalized spacial score (nSPS) is 10.8. The van der Waals surface area contributed by atoms with Crippen LogP contribution in [0.3, 0.4) is 0 Å². The summed E-state index contributed by atoms with van der Waals surface area (Å²) in [4.78, 5) is 22.4. The number of thiazole rings is 2. The number of hydrogen-bond acceptors (Lipinski definition) is 6. The first-order chi connectivity index (χ1) is 10.6. The van der Waals surface area contributed by atoms with Gasteiger partial charge >= 0.3 is 0 Å². The fourth-order valence-electron chi connectivity index (χ4n) is 1.97. The summed E-state index contributed by atoms with van der Waals surface area (Å²) < 4.78 is 0. The van der Waals surface area contributed by atoms with Gasteiger partial charge in [-0.05, 0) is 19.1 Å². The van der Waals surface area contributed by atoms with E-state index in [1.165, 1.54) is 6.92 Å². The minimum Gasteiger partial charge on any atom is -0.351 e. The summed E-state index contributed by atoms with van der Waals surface area (Å²) in [5, 5.41) is 9.16. The van der Waals surface area contributed by atoms with Crippen molar-refractivity contribution in [2.24, 2.45) is 0 Å². The summed E-state index contributed by atoms with van der Waals surface area (Å²) in [5.41, 5.74) is 2.09.